The van der Waals surface area contributed by atoms with Gasteiger partial charge in [-0.25, -0.2) is 0 Å². The number of ether oxygens (including phenoxy) is 2. The Balaban J connectivity index is 4.10. The van der Waals surface area contributed by atoms with Gasteiger partial charge in [-0.15, -0.1) is 0 Å². The highest BCUT2D eigenvalue weighted by Crippen LogP contribution is 2.23. The standard InChI is InChI=1S/C52H104N2O4/c1-7-12-27-35-48(36-28-13-8-2)42-45-57-44-34-26-22-17-16-19-23-31-39-50(53-51(55)47-54(6)11-5)40-32-24-20-18-21-25-33-41-52(56)58-46-43-49(37-29-14-9-3)38-30-15-10-4/h48-50H,7-47H2,1-6H3,(H,53,55). The molecule has 58 heavy (non-hydrogen) atoms. The normalized spacial score (nSPS) is 12.3. The number of likely N-dealkylation sites (N-methyl/N-ethyl adjacent to an activating group) is 1. The monoisotopic (exact) mass is 821 g/mol. The molecule has 0 heterocycles. The van der Waals surface area contributed by atoms with Crippen molar-refractivity contribution in [2.24, 2.45) is 11.8 Å². The van der Waals surface area contributed by atoms with E-state index in [-0.39, 0.29) is 11.9 Å². The predicted octanol–water partition coefficient (Wildman–Crippen LogP) is 15.3. The first-order valence-electron chi connectivity index (χ1n) is 26.1. The Labute approximate surface area is 363 Å². The van der Waals surface area contributed by atoms with Crippen molar-refractivity contribution in [2.45, 2.75) is 272 Å². The van der Waals surface area contributed by atoms with Crippen molar-refractivity contribution in [1.29, 1.82) is 0 Å². The van der Waals surface area contributed by atoms with E-state index in [2.05, 4.69) is 44.8 Å². The first-order chi connectivity index (χ1) is 28.4. The summed E-state index contributed by atoms with van der Waals surface area (Å²) in [5.41, 5.74) is 0. The summed E-state index contributed by atoms with van der Waals surface area (Å²) < 4.78 is 11.7. The molecule has 0 aliphatic heterocycles. The zero-order valence-electron chi connectivity index (χ0n) is 40.3. The maximum absolute atomic E-state index is 12.7. The molecule has 0 fully saturated rings. The molecular weight excluding hydrogens is 717 g/mol. The lowest BCUT2D eigenvalue weighted by atomic mass is 9.92. The summed E-state index contributed by atoms with van der Waals surface area (Å²) in [6.45, 7) is 15.1. The number of rotatable bonds is 47. The van der Waals surface area contributed by atoms with Crippen LogP contribution in [0.1, 0.15) is 266 Å². The molecule has 1 atom stereocenters. The Morgan fingerprint density at radius 2 is 0.845 bits per heavy atom. The van der Waals surface area contributed by atoms with Crippen molar-refractivity contribution in [1.82, 2.24) is 10.2 Å². The molecule has 6 heteroatoms. The van der Waals surface area contributed by atoms with Gasteiger partial charge in [0.15, 0.2) is 0 Å². The molecule has 0 aliphatic rings. The van der Waals surface area contributed by atoms with Crippen LogP contribution in [-0.4, -0.2) is 62.8 Å². The van der Waals surface area contributed by atoms with Crippen LogP contribution in [0.25, 0.3) is 0 Å². The molecule has 0 saturated heterocycles. The second-order valence-corrected chi connectivity index (χ2v) is 18.4. The van der Waals surface area contributed by atoms with Crippen molar-refractivity contribution in [3.05, 3.63) is 0 Å². The average Bonchev–Trinajstić information content (AvgIpc) is 3.21. The van der Waals surface area contributed by atoms with Gasteiger partial charge in [0.2, 0.25) is 5.91 Å². The number of unbranched alkanes of at least 4 members (excludes halogenated alkanes) is 21. The van der Waals surface area contributed by atoms with E-state index in [0.717, 1.165) is 63.7 Å². The minimum absolute atomic E-state index is 0.0000508. The van der Waals surface area contributed by atoms with Gasteiger partial charge in [-0.3, -0.25) is 14.5 Å². The van der Waals surface area contributed by atoms with Crippen molar-refractivity contribution >= 4 is 11.9 Å². The third kappa shape index (κ3) is 40.3. The highest BCUT2D eigenvalue weighted by molar-refractivity contribution is 5.78. The van der Waals surface area contributed by atoms with Gasteiger partial charge in [0.05, 0.1) is 13.2 Å². The third-order valence-corrected chi connectivity index (χ3v) is 12.7. The summed E-state index contributed by atoms with van der Waals surface area (Å²) >= 11 is 0. The van der Waals surface area contributed by atoms with Gasteiger partial charge in [0.1, 0.15) is 0 Å². The first kappa shape index (κ1) is 56.9. The number of esters is 1. The smallest absolute Gasteiger partial charge is 0.305 e. The van der Waals surface area contributed by atoms with Gasteiger partial charge < -0.3 is 14.8 Å². The number of hydrogen-bond acceptors (Lipinski definition) is 5. The highest BCUT2D eigenvalue weighted by atomic mass is 16.5. The van der Waals surface area contributed by atoms with Crippen LogP contribution in [0.4, 0.5) is 0 Å². The maximum atomic E-state index is 12.7. The molecule has 6 nitrogen and oxygen atoms in total. The summed E-state index contributed by atoms with van der Waals surface area (Å²) in [7, 11) is 2.02. The summed E-state index contributed by atoms with van der Waals surface area (Å²) in [4.78, 5) is 27.2. The average molecular weight is 821 g/mol. The number of hydrogen-bond donors (Lipinski definition) is 1. The Bertz CT molecular complexity index is 833. The second-order valence-electron chi connectivity index (χ2n) is 18.4. The lowest BCUT2D eigenvalue weighted by molar-refractivity contribution is -0.144. The fraction of sp³-hybridized carbons (Fsp3) is 0.962. The number of carbonyl (C=O) groups excluding carboxylic acids is 2. The Hall–Kier alpha value is -1.14. The molecule has 0 radical (unpaired) electrons. The van der Waals surface area contributed by atoms with Crippen molar-refractivity contribution in [3.63, 3.8) is 0 Å². The van der Waals surface area contributed by atoms with Crippen LogP contribution in [-0.2, 0) is 19.1 Å². The minimum atomic E-state index is 0.0000508. The molecule has 0 aromatic heterocycles. The maximum Gasteiger partial charge on any atom is 0.305 e. The Morgan fingerprint density at radius 3 is 1.29 bits per heavy atom. The van der Waals surface area contributed by atoms with E-state index in [4.69, 9.17) is 9.47 Å². The number of carbonyl (C=O) groups is 2. The SMILES string of the molecule is CCCCCC(CCCCC)CCOCCCCCCCCCCC(CCCCCCCCCC(=O)OCCC(CCCCC)CCCCC)NC(=O)CN(C)CC. The lowest BCUT2D eigenvalue weighted by Crippen LogP contribution is -2.41. The summed E-state index contributed by atoms with van der Waals surface area (Å²) in [6, 6.07) is 0.301. The third-order valence-electron chi connectivity index (χ3n) is 12.7. The minimum Gasteiger partial charge on any atom is -0.466 e. The number of amides is 1. The van der Waals surface area contributed by atoms with E-state index in [0.29, 0.717) is 25.6 Å². The Kier molecular flexibility index (Phi) is 44.5. The first-order valence-corrected chi connectivity index (χ1v) is 26.1. The van der Waals surface area contributed by atoms with Crippen molar-refractivity contribution in [3.8, 4) is 0 Å². The molecule has 0 aromatic carbocycles. The van der Waals surface area contributed by atoms with Crippen LogP contribution in [0.15, 0.2) is 0 Å². The quantitative estimate of drug-likeness (QED) is 0.0489. The summed E-state index contributed by atoms with van der Waals surface area (Å²) in [5, 5.41) is 3.39. The van der Waals surface area contributed by atoms with Crippen LogP contribution in [0.3, 0.4) is 0 Å². The van der Waals surface area contributed by atoms with Crippen LogP contribution >= 0.6 is 0 Å². The zero-order chi connectivity index (χ0) is 42.6. The molecule has 346 valence electrons. The van der Waals surface area contributed by atoms with Gasteiger partial charge in [-0.1, -0.05) is 221 Å². The fourth-order valence-corrected chi connectivity index (χ4v) is 8.48. The van der Waals surface area contributed by atoms with Crippen LogP contribution in [0.2, 0.25) is 0 Å². The molecular formula is C52H104N2O4. The topological polar surface area (TPSA) is 67.9 Å². The van der Waals surface area contributed by atoms with Gasteiger partial charge in [-0.05, 0) is 64.0 Å². The summed E-state index contributed by atoms with van der Waals surface area (Å²) in [5.74, 6) is 1.77. The second kappa shape index (κ2) is 45.4. The molecule has 0 aromatic rings. The number of nitrogens with one attached hydrogen (secondary N) is 1. The molecule has 0 rings (SSSR count). The van der Waals surface area contributed by atoms with E-state index in [9.17, 15) is 9.59 Å². The van der Waals surface area contributed by atoms with Gasteiger partial charge in [0, 0.05) is 25.7 Å². The van der Waals surface area contributed by atoms with Gasteiger partial charge in [-0.2, -0.15) is 0 Å². The van der Waals surface area contributed by atoms with Crippen molar-refractivity contribution in [2.75, 3.05) is 40.0 Å². The molecule has 1 unspecified atom stereocenters. The van der Waals surface area contributed by atoms with E-state index < -0.39 is 0 Å². The lowest BCUT2D eigenvalue weighted by Gasteiger charge is -2.21. The highest BCUT2D eigenvalue weighted by Gasteiger charge is 2.14. The molecule has 1 amide bonds. The Morgan fingerprint density at radius 1 is 0.448 bits per heavy atom. The largest absolute Gasteiger partial charge is 0.466 e. The predicted molar refractivity (Wildman–Crippen MR) is 253 cm³/mol. The molecule has 1 N–H and O–H groups in total. The van der Waals surface area contributed by atoms with Crippen LogP contribution in [0.5, 0.6) is 0 Å². The van der Waals surface area contributed by atoms with E-state index in [1.807, 2.05) is 7.05 Å². The van der Waals surface area contributed by atoms with E-state index in [1.54, 1.807) is 0 Å². The van der Waals surface area contributed by atoms with Gasteiger partial charge >= 0.3 is 5.97 Å². The molecule has 0 saturated carbocycles. The number of nitrogens with zero attached hydrogens (tertiary/aromatic N) is 1. The van der Waals surface area contributed by atoms with Crippen molar-refractivity contribution < 1.29 is 19.1 Å². The van der Waals surface area contributed by atoms with Crippen LogP contribution < -0.4 is 5.32 Å². The van der Waals surface area contributed by atoms with Gasteiger partial charge in [0.25, 0.3) is 0 Å². The fourth-order valence-electron chi connectivity index (χ4n) is 8.48. The zero-order valence-corrected chi connectivity index (χ0v) is 40.3. The molecule has 0 spiro atoms. The summed E-state index contributed by atoms with van der Waals surface area (Å²) in [6.07, 6.45) is 44.8. The molecule has 0 aliphatic carbocycles. The van der Waals surface area contributed by atoms with E-state index >= 15 is 0 Å². The molecule has 0 bridgehead atoms. The van der Waals surface area contributed by atoms with Crippen LogP contribution in [0, 0.1) is 11.8 Å². The van der Waals surface area contributed by atoms with E-state index in [1.165, 1.54) is 193 Å².